The summed E-state index contributed by atoms with van der Waals surface area (Å²) in [4.78, 5) is 26.8. The minimum Gasteiger partial charge on any atom is -0.497 e. The lowest BCUT2D eigenvalue weighted by Crippen LogP contribution is -2.49. The predicted molar refractivity (Wildman–Crippen MR) is 128 cm³/mol. The first-order valence-corrected chi connectivity index (χ1v) is 11.9. The van der Waals surface area contributed by atoms with Crippen LogP contribution in [0.5, 0.6) is 5.75 Å². The maximum absolute atomic E-state index is 12.5. The fourth-order valence-electron chi connectivity index (χ4n) is 4.48. The van der Waals surface area contributed by atoms with Crippen LogP contribution >= 0.6 is 0 Å². The number of aryl methyl sites for hydroxylation is 1. The number of fused-ring (bicyclic) bond motifs is 1. The number of carbonyl (C=O) groups excluding carboxylic acids is 1. The third kappa shape index (κ3) is 4.26. The summed E-state index contributed by atoms with van der Waals surface area (Å²) in [7, 11) is 1.67. The quantitative estimate of drug-likeness (QED) is 0.572. The summed E-state index contributed by atoms with van der Waals surface area (Å²) in [6, 6.07) is 7.88. The van der Waals surface area contributed by atoms with Crippen LogP contribution in [-0.2, 0) is 4.79 Å². The monoisotopic (exact) mass is 448 g/mol. The van der Waals surface area contributed by atoms with E-state index in [0.717, 1.165) is 78.8 Å². The summed E-state index contributed by atoms with van der Waals surface area (Å²) in [5, 5.41) is 5.85. The molecule has 1 aliphatic carbocycles. The molecule has 2 fully saturated rings. The highest BCUT2D eigenvalue weighted by Gasteiger charge is 2.31. The van der Waals surface area contributed by atoms with Gasteiger partial charge in [0, 0.05) is 38.5 Å². The van der Waals surface area contributed by atoms with E-state index in [-0.39, 0.29) is 5.91 Å². The van der Waals surface area contributed by atoms with Gasteiger partial charge in [-0.3, -0.25) is 4.79 Å². The van der Waals surface area contributed by atoms with Crippen LogP contribution in [0.2, 0.25) is 0 Å². The zero-order chi connectivity index (χ0) is 23.1. The van der Waals surface area contributed by atoms with Gasteiger partial charge >= 0.3 is 0 Å². The number of rotatable bonds is 6. The van der Waals surface area contributed by atoms with Crippen molar-refractivity contribution in [1.29, 1.82) is 0 Å². The molecule has 1 saturated heterocycles. The summed E-state index contributed by atoms with van der Waals surface area (Å²) in [6.45, 7) is 9.20. The smallest absolute Gasteiger partial charge is 0.222 e. The van der Waals surface area contributed by atoms with Crippen LogP contribution in [0.25, 0.3) is 16.7 Å². The van der Waals surface area contributed by atoms with E-state index in [1.807, 2.05) is 40.8 Å². The molecular formula is C25H32N6O2. The molecule has 2 aliphatic rings. The number of methoxy groups -OCH3 is 1. The van der Waals surface area contributed by atoms with Crippen molar-refractivity contribution in [2.24, 2.45) is 5.92 Å². The molecule has 2 aromatic heterocycles. The van der Waals surface area contributed by atoms with Gasteiger partial charge in [-0.15, -0.1) is 0 Å². The topological polar surface area (TPSA) is 76.4 Å². The van der Waals surface area contributed by atoms with Gasteiger partial charge in [0.2, 0.25) is 5.91 Å². The molecule has 8 nitrogen and oxygen atoms in total. The molecule has 3 aromatic rings. The number of ether oxygens (including phenoxy) is 1. The van der Waals surface area contributed by atoms with Gasteiger partial charge in [-0.2, -0.15) is 5.10 Å². The number of piperazine rings is 1. The Hall–Kier alpha value is -3.16. The van der Waals surface area contributed by atoms with E-state index < -0.39 is 0 Å². The van der Waals surface area contributed by atoms with E-state index >= 15 is 0 Å². The Kier molecular flexibility index (Phi) is 5.68. The summed E-state index contributed by atoms with van der Waals surface area (Å²) in [5.41, 5.74) is 2.71. The molecule has 1 saturated carbocycles. The van der Waals surface area contributed by atoms with Crippen LogP contribution in [0, 0.1) is 12.8 Å². The first-order valence-electron chi connectivity index (χ1n) is 11.9. The second-order valence-electron chi connectivity index (χ2n) is 9.54. The molecular weight excluding hydrogens is 416 g/mol. The van der Waals surface area contributed by atoms with E-state index in [4.69, 9.17) is 19.8 Å². The number of aromatic nitrogens is 4. The molecule has 0 unspecified atom stereocenters. The Bertz CT molecular complexity index is 1160. The molecule has 3 heterocycles. The van der Waals surface area contributed by atoms with Crippen LogP contribution in [0.15, 0.2) is 24.3 Å². The van der Waals surface area contributed by atoms with Gasteiger partial charge in [0.05, 0.1) is 23.9 Å². The number of carbonyl (C=O) groups is 1. The number of benzene rings is 1. The van der Waals surface area contributed by atoms with E-state index in [1.54, 1.807) is 7.11 Å². The zero-order valence-corrected chi connectivity index (χ0v) is 19.9. The van der Waals surface area contributed by atoms with Crippen molar-refractivity contribution in [2.75, 3.05) is 38.2 Å². The van der Waals surface area contributed by atoms with Gasteiger partial charge in [-0.25, -0.2) is 14.6 Å². The van der Waals surface area contributed by atoms with Crippen LogP contribution < -0.4 is 9.64 Å². The van der Waals surface area contributed by atoms with Gasteiger partial charge in [-0.05, 0) is 49.9 Å². The molecule has 8 heteroatoms. The van der Waals surface area contributed by atoms with Crippen molar-refractivity contribution in [1.82, 2.24) is 24.6 Å². The van der Waals surface area contributed by atoms with Crippen LogP contribution in [-0.4, -0.2) is 63.8 Å². The van der Waals surface area contributed by atoms with E-state index in [9.17, 15) is 4.79 Å². The Morgan fingerprint density at radius 2 is 1.79 bits per heavy atom. The Balaban J connectivity index is 1.50. The summed E-state index contributed by atoms with van der Waals surface area (Å²) < 4.78 is 7.23. The third-order valence-electron chi connectivity index (χ3n) is 6.47. The second-order valence-corrected chi connectivity index (χ2v) is 9.54. The average molecular weight is 449 g/mol. The molecule has 174 valence electrons. The van der Waals surface area contributed by atoms with Crippen molar-refractivity contribution in [2.45, 2.75) is 46.0 Å². The largest absolute Gasteiger partial charge is 0.497 e. The standard InChI is InChI=1S/C25H32N6O2/c1-16(2)15-21(32)29-11-13-30(14-12-29)24-22-17(3)28-31(19-7-9-20(33-4)10-8-19)25(22)27-23(26-24)18-5-6-18/h7-10,16,18H,5-6,11-15H2,1-4H3. The fraction of sp³-hybridized carbons (Fsp3) is 0.520. The Morgan fingerprint density at radius 1 is 1.09 bits per heavy atom. The molecule has 1 aliphatic heterocycles. The highest BCUT2D eigenvalue weighted by molar-refractivity contribution is 5.91. The summed E-state index contributed by atoms with van der Waals surface area (Å²) in [6.07, 6.45) is 2.88. The molecule has 0 atom stereocenters. The van der Waals surface area contributed by atoms with Crippen molar-refractivity contribution in [3.8, 4) is 11.4 Å². The maximum atomic E-state index is 12.5. The highest BCUT2D eigenvalue weighted by atomic mass is 16.5. The molecule has 33 heavy (non-hydrogen) atoms. The van der Waals surface area contributed by atoms with Crippen molar-refractivity contribution in [3.05, 3.63) is 35.8 Å². The van der Waals surface area contributed by atoms with Gasteiger partial charge in [0.25, 0.3) is 0 Å². The summed E-state index contributed by atoms with van der Waals surface area (Å²) in [5.74, 6) is 3.73. The lowest BCUT2D eigenvalue weighted by Gasteiger charge is -2.36. The second kappa shape index (κ2) is 8.65. The van der Waals surface area contributed by atoms with Gasteiger partial charge < -0.3 is 14.5 Å². The normalized spacial score (nSPS) is 16.6. The predicted octanol–water partition coefficient (Wildman–Crippen LogP) is 3.70. The SMILES string of the molecule is COc1ccc(-n2nc(C)c3c(N4CCN(C(=O)CC(C)C)CC4)nc(C4CC4)nc32)cc1. The lowest BCUT2D eigenvalue weighted by molar-refractivity contribution is -0.132. The molecule has 0 bridgehead atoms. The Labute approximate surface area is 194 Å². The van der Waals surface area contributed by atoms with Crippen LogP contribution in [0.3, 0.4) is 0 Å². The van der Waals surface area contributed by atoms with Crippen molar-refractivity contribution >= 4 is 22.8 Å². The third-order valence-corrected chi connectivity index (χ3v) is 6.47. The number of hydrogen-bond donors (Lipinski definition) is 0. The van der Waals surface area contributed by atoms with E-state index in [2.05, 4.69) is 18.7 Å². The molecule has 0 spiro atoms. The molecule has 5 rings (SSSR count). The number of amides is 1. The molecule has 1 amide bonds. The lowest BCUT2D eigenvalue weighted by atomic mass is 10.1. The highest BCUT2D eigenvalue weighted by Crippen LogP contribution is 2.40. The van der Waals surface area contributed by atoms with Crippen LogP contribution in [0.4, 0.5) is 5.82 Å². The van der Waals surface area contributed by atoms with E-state index in [0.29, 0.717) is 18.3 Å². The van der Waals surface area contributed by atoms with Crippen molar-refractivity contribution < 1.29 is 9.53 Å². The average Bonchev–Trinajstić information content (AvgIpc) is 3.62. The Morgan fingerprint density at radius 3 is 2.39 bits per heavy atom. The first kappa shape index (κ1) is 21.7. The van der Waals surface area contributed by atoms with Gasteiger partial charge in [-0.1, -0.05) is 13.8 Å². The number of anilines is 1. The van der Waals surface area contributed by atoms with E-state index in [1.165, 1.54) is 0 Å². The molecule has 1 aromatic carbocycles. The maximum Gasteiger partial charge on any atom is 0.222 e. The first-order chi connectivity index (χ1) is 15.9. The fourth-order valence-corrected chi connectivity index (χ4v) is 4.48. The molecule has 0 N–H and O–H groups in total. The number of nitrogens with zero attached hydrogens (tertiary/aromatic N) is 6. The van der Waals surface area contributed by atoms with Crippen LogP contribution in [0.1, 0.15) is 50.5 Å². The minimum atomic E-state index is 0.250. The summed E-state index contributed by atoms with van der Waals surface area (Å²) >= 11 is 0. The van der Waals surface area contributed by atoms with Crippen molar-refractivity contribution in [3.63, 3.8) is 0 Å². The van der Waals surface area contributed by atoms with Gasteiger partial charge in [0.15, 0.2) is 5.65 Å². The zero-order valence-electron chi connectivity index (χ0n) is 19.9. The van der Waals surface area contributed by atoms with Gasteiger partial charge in [0.1, 0.15) is 17.4 Å². The minimum absolute atomic E-state index is 0.250. The number of hydrogen-bond acceptors (Lipinski definition) is 6. The molecule has 0 radical (unpaired) electrons.